The van der Waals surface area contributed by atoms with Gasteiger partial charge in [-0.3, -0.25) is 9.59 Å². The first-order valence-electron chi connectivity index (χ1n) is 8.09. The average molecular weight is 303 g/mol. The zero-order valence-electron chi connectivity index (χ0n) is 13.7. The van der Waals surface area contributed by atoms with Crippen molar-refractivity contribution in [1.82, 2.24) is 0 Å². The molecule has 5 nitrogen and oxygen atoms in total. The van der Waals surface area contributed by atoms with Gasteiger partial charge in [0.05, 0.1) is 13.2 Å². The zero-order chi connectivity index (χ0) is 16.3. The fraction of sp³-hybridized carbons (Fsp3) is 0.875. The lowest BCUT2D eigenvalue weighted by molar-refractivity contribution is -0.142. The van der Waals surface area contributed by atoms with Crippen molar-refractivity contribution in [2.75, 3.05) is 13.2 Å². The van der Waals surface area contributed by atoms with Crippen LogP contribution in [0.4, 0.5) is 0 Å². The molecular formula is C16H33NO4. The molecular weight excluding hydrogens is 270 g/mol. The van der Waals surface area contributed by atoms with E-state index >= 15 is 0 Å². The number of nitrogens with two attached hydrogens (primary N) is 1. The van der Waals surface area contributed by atoms with E-state index in [4.69, 9.17) is 20.4 Å². The molecule has 0 bridgehead atoms. The van der Waals surface area contributed by atoms with Gasteiger partial charge in [0, 0.05) is 6.92 Å². The molecule has 0 aromatic carbocycles. The Hall–Kier alpha value is -1.10. The molecule has 126 valence electrons. The maximum atomic E-state index is 10.7. The van der Waals surface area contributed by atoms with E-state index in [0.717, 1.165) is 19.8 Å². The molecule has 5 heteroatoms. The highest BCUT2D eigenvalue weighted by molar-refractivity contribution is 5.71. The fourth-order valence-electron chi connectivity index (χ4n) is 1.83. The quantitative estimate of drug-likeness (QED) is 0.425. The van der Waals surface area contributed by atoms with Gasteiger partial charge in [-0.05, 0) is 6.42 Å². The highest BCUT2D eigenvalue weighted by atomic mass is 16.5. The summed E-state index contributed by atoms with van der Waals surface area (Å²) in [7, 11) is 0. The topological polar surface area (TPSA) is 89.6 Å². The summed E-state index contributed by atoms with van der Waals surface area (Å²) >= 11 is 0. The van der Waals surface area contributed by atoms with Crippen molar-refractivity contribution in [3.8, 4) is 0 Å². The van der Waals surface area contributed by atoms with Crippen molar-refractivity contribution >= 4 is 11.9 Å². The van der Waals surface area contributed by atoms with E-state index in [1.54, 1.807) is 0 Å². The van der Waals surface area contributed by atoms with Gasteiger partial charge in [0.25, 0.3) is 5.97 Å². The SMILES string of the molecule is CC(=O)O.CCCCCCCCCCCCOC(=O)CN. The summed E-state index contributed by atoms with van der Waals surface area (Å²) in [5.74, 6) is -1.12. The summed E-state index contributed by atoms with van der Waals surface area (Å²) in [6.07, 6.45) is 12.9. The number of carbonyl (C=O) groups is 2. The summed E-state index contributed by atoms with van der Waals surface area (Å²) < 4.78 is 4.90. The third kappa shape index (κ3) is 27.9. The lowest BCUT2D eigenvalue weighted by Gasteiger charge is -2.03. The first-order valence-corrected chi connectivity index (χ1v) is 8.09. The third-order valence-electron chi connectivity index (χ3n) is 2.93. The van der Waals surface area contributed by atoms with Crippen LogP contribution in [-0.2, 0) is 14.3 Å². The Morgan fingerprint density at radius 1 is 0.905 bits per heavy atom. The Morgan fingerprint density at radius 3 is 1.67 bits per heavy atom. The van der Waals surface area contributed by atoms with Crippen LogP contribution in [-0.4, -0.2) is 30.2 Å². The molecule has 0 aliphatic heterocycles. The van der Waals surface area contributed by atoms with Crippen molar-refractivity contribution in [2.45, 2.75) is 78.1 Å². The van der Waals surface area contributed by atoms with E-state index in [2.05, 4.69) is 6.92 Å². The molecule has 21 heavy (non-hydrogen) atoms. The van der Waals surface area contributed by atoms with Gasteiger partial charge in [-0.2, -0.15) is 0 Å². The Labute approximate surface area is 129 Å². The second-order valence-electron chi connectivity index (χ2n) is 5.13. The molecule has 0 amide bonds. The van der Waals surface area contributed by atoms with Crippen LogP contribution in [0.25, 0.3) is 0 Å². The molecule has 0 atom stereocenters. The summed E-state index contributed by atoms with van der Waals surface area (Å²) in [4.78, 5) is 19.7. The van der Waals surface area contributed by atoms with Gasteiger partial charge < -0.3 is 15.6 Å². The zero-order valence-corrected chi connectivity index (χ0v) is 13.7. The van der Waals surface area contributed by atoms with Crippen LogP contribution in [0, 0.1) is 0 Å². The number of carbonyl (C=O) groups excluding carboxylic acids is 1. The Bertz CT molecular complexity index is 240. The lowest BCUT2D eigenvalue weighted by atomic mass is 10.1. The van der Waals surface area contributed by atoms with Crippen molar-refractivity contribution in [3.05, 3.63) is 0 Å². The van der Waals surface area contributed by atoms with Gasteiger partial charge in [0.2, 0.25) is 0 Å². The molecule has 0 aromatic heterocycles. The molecule has 0 aliphatic rings. The number of hydrogen-bond donors (Lipinski definition) is 2. The van der Waals surface area contributed by atoms with E-state index in [1.807, 2.05) is 0 Å². The summed E-state index contributed by atoms with van der Waals surface area (Å²) in [6.45, 7) is 3.86. The van der Waals surface area contributed by atoms with Crippen molar-refractivity contribution in [2.24, 2.45) is 5.73 Å². The molecule has 0 radical (unpaired) electrons. The van der Waals surface area contributed by atoms with Crippen molar-refractivity contribution < 1.29 is 19.4 Å². The minimum Gasteiger partial charge on any atom is -0.481 e. The predicted octanol–water partition coefficient (Wildman–Crippen LogP) is 3.50. The fourth-order valence-corrected chi connectivity index (χ4v) is 1.83. The van der Waals surface area contributed by atoms with Crippen LogP contribution in [0.5, 0.6) is 0 Å². The van der Waals surface area contributed by atoms with Crippen LogP contribution in [0.2, 0.25) is 0 Å². The van der Waals surface area contributed by atoms with Crippen LogP contribution < -0.4 is 5.73 Å². The highest BCUT2D eigenvalue weighted by Crippen LogP contribution is 2.10. The predicted molar refractivity (Wildman–Crippen MR) is 85.2 cm³/mol. The molecule has 0 saturated carbocycles. The van der Waals surface area contributed by atoms with E-state index < -0.39 is 5.97 Å². The first kappa shape index (κ1) is 22.2. The van der Waals surface area contributed by atoms with Gasteiger partial charge in [0.15, 0.2) is 0 Å². The Kier molecular flexibility index (Phi) is 20.0. The normalized spacial score (nSPS) is 9.67. The highest BCUT2D eigenvalue weighted by Gasteiger charge is 1.97. The van der Waals surface area contributed by atoms with E-state index in [1.165, 1.54) is 51.4 Å². The molecule has 0 spiro atoms. The standard InChI is InChI=1S/C14H29NO2.C2H4O2/c1-2-3-4-5-6-7-8-9-10-11-12-17-14(16)13-15;1-2(3)4/h2-13,15H2,1H3;1H3,(H,3,4). The molecule has 0 aromatic rings. The third-order valence-corrected chi connectivity index (χ3v) is 2.93. The molecule has 0 aliphatic carbocycles. The maximum Gasteiger partial charge on any atom is 0.319 e. The number of ether oxygens (including phenoxy) is 1. The minimum absolute atomic E-state index is 0.00222. The average Bonchev–Trinajstić information content (AvgIpc) is 2.43. The van der Waals surface area contributed by atoms with Crippen LogP contribution in [0.15, 0.2) is 0 Å². The number of carboxylic acid groups (broad SMARTS) is 1. The monoisotopic (exact) mass is 303 g/mol. The van der Waals surface area contributed by atoms with Gasteiger partial charge >= 0.3 is 5.97 Å². The molecule has 0 rings (SSSR count). The summed E-state index contributed by atoms with van der Waals surface area (Å²) in [5.41, 5.74) is 5.13. The smallest absolute Gasteiger partial charge is 0.319 e. The number of carboxylic acids is 1. The number of rotatable bonds is 12. The van der Waals surface area contributed by atoms with Gasteiger partial charge in [-0.1, -0.05) is 64.7 Å². The number of aliphatic carboxylic acids is 1. The number of unbranched alkanes of at least 4 members (excludes halogenated alkanes) is 9. The van der Waals surface area contributed by atoms with Crippen LogP contribution >= 0.6 is 0 Å². The second-order valence-corrected chi connectivity index (χ2v) is 5.13. The van der Waals surface area contributed by atoms with Crippen LogP contribution in [0.3, 0.4) is 0 Å². The first-order chi connectivity index (χ1) is 10.0. The minimum atomic E-state index is -0.833. The van der Waals surface area contributed by atoms with Crippen molar-refractivity contribution in [1.29, 1.82) is 0 Å². The van der Waals surface area contributed by atoms with E-state index in [-0.39, 0.29) is 12.5 Å². The Balaban J connectivity index is 0. The van der Waals surface area contributed by atoms with Crippen molar-refractivity contribution in [3.63, 3.8) is 0 Å². The molecule has 3 N–H and O–H groups in total. The van der Waals surface area contributed by atoms with Gasteiger partial charge in [0.1, 0.15) is 0 Å². The van der Waals surface area contributed by atoms with Gasteiger partial charge in [-0.15, -0.1) is 0 Å². The number of hydrogen-bond acceptors (Lipinski definition) is 4. The maximum absolute atomic E-state index is 10.7. The Morgan fingerprint density at radius 2 is 1.29 bits per heavy atom. The molecule has 0 unspecified atom stereocenters. The molecule has 0 fully saturated rings. The summed E-state index contributed by atoms with van der Waals surface area (Å²) in [6, 6.07) is 0. The largest absolute Gasteiger partial charge is 0.481 e. The molecule has 0 saturated heterocycles. The van der Waals surface area contributed by atoms with E-state index in [9.17, 15) is 4.79 Å². The second kappa shape index (κ2) is 18.9. The lowest BCUT2D eigenvalue weighted by Crippen LogP contribution is -2.17. The summed E-state index contributed by atoms with van der Waals surface area (Å²) in [5, 5.41) is 7.42. The number of esters is 1. The van der Waals surface area contributed by atoms with E-state index in [0.29, 0.717) is 6.61 Å². The van der Waals surface area contributed by atoms with Gasteiger partial charge in [-0.25, -0.2) is 0 Å². The van der Waals surface area contributed by atoms with Crippen LogP contribution in [0.1, 0.15) is 78.1 Å². The molecule has 0 heterocycles.